The van der Waals surface area contributed by atoms with Crippen LogP contribution in [0.5, 0.6) is 0 Å². The van der Waals surface area contributed by atoms with Crippen molar-refractivity contribution < 1.29 is 18.7 Å². The van der Waals surface area contributed by atoms with Crippen LogP contribution in [-0.2, 0) is 11.3 Å². The topological polar surface area (TPSA) is 141 Å². The molecule has 2 fully saturated rings. The van der Waals surface area contributed by atoms with Crippen molar-refractivity contribution in [3.05, 3.63) is 89.1 Å². The first-order valence-electron chi connectivity index (χ1n) is 12.8. The highest BCUT2D eigenvalue weighted by Gasteiger charge is 2.37. The summed E-state index contributed by atoms with van der Waals surface area (Å²) >= 11 is 0. The fourth-order valence-electron chi connectivity index (χ4n) is 4.87. The molecule has 4 N–H and O–H groups in total. The number of hydrogen-bond acceptors (Lipinski definition) is 7. The first kappa shape index (κ1) is 26.1. The van der Waals surface area contributed by atoms with E-state index in [9.17, 15) is 19.2 Å². The van der Waals surface area contributed by atoms with Crippen molar-refractivity contribution in [3.8, 4) is 6.07 Å². The molecule has 2 aromatic carbocycles. The molecule has 1 saturated heterocycles. The van der Waals surface area contributed by atoms with E-state index in [1.54, 1.807) is 12.1 Å². The summed E-state index contributed by atoms with van der Waals surface area (Å²) in [6, 6.07) is 17.0. The van der Waals surface area contributed by atoms with Gasteiger partial charge in [-0.25, -0.2) is 19.2 Å². The number of aromatic nitrogens is 2. The monoisotopic (exact) mass is 529 g/mol. The molecule has 0 bridgehead atoms. The Morgan fingerprint density at radius 3 is 2.67 bits per heavy atom. The number of carbonyl (C=O) groups is 2. The van der Waals surface area contributed by atoms with Crippen LogP contribution in [0.15, 0.2) is 60.8 Å². The molecular weight excluding hydrogens is 501 g/mol. The number of benzene rings is 2. The first-order valence-corrected chi connectivity index (χ1v) is 12.8. The van der Waals surface area contributed by atoms with E-state index >= 15 is 0 Å². The van der Waals surface area contributed by atoms with Crippen LogP contribution in [0.3, 0.4) is 0 Å². The van der Waals surface area contributed by atoms with E-state index in [0.29, 0.717) is 12.0 Å². The molecule has 2 aliphatic rings. The molecule has 1 saturated carbocycles. The van der Waals surface area contributed by atoms with Crippen LogP contribution in [0.2, 0.25) is 0 Å². The summed E-state index contributed by atoms with van der Waals surface area (Å²) in [4.78, 5) is 33.4. The highest BCUT2D eigenvalue weighted by Crippen LogP contribution is 2.27. The summed E-state index contributed by atoms with van der Waals surface area (Å²) < 4.78 is 19.5. The van der Waals surface area contributed by atoms with Gasteiger partial charge in [0.05, 0.1) is 37.0 Å². The SMILES string of the molecule is N#Cc1cnc(N[C@@H](COC2CCC3NC(=O)NC3C2)c2ccccc2)c(C(=O)NCc2ccc(F)cc2)n1. The molecule has 5 rings (SSSR count). The molecule has 4 atom stereocenters. The average Bonchev–Trinajstić information content (AvgIpc) is 3.34. The van der Waals surface area contributed by atoms with Crippen molar-refractivity contribution in [2.24, 2.45) is 0 Å². The molecule has 3 unspecified atom stereocenters. The highest BCUT2D eigenvalue weighted by atomic mass is 19.1. The number of amides is 3. The van der Waals surface area contributed by atoms with Crippen molar-refractivity contribution in [2.45, 2.75) is 50.0 Å². The van der Waals surface area contributed by atoms with Crippen LogP contribution < -0.4 is 21.3 Å². The van der Waals surface area contributed by atoms with E-state index in [2.05, 4.69) is 31.2 Å². The number of carbonyl (C=O) groups excluding carboxylic acids is 2. The molecule has 10 nitrogen and oxygen atoms in total. The average molecular weight is 530 g/mol. The lowest BCUT2D eigenvalue weighted by molar-refractivity contribution is 0.0137. The van der Waals surface area contributed by atoms with Gasteiger partial charge in [0.25, 0.3) is 5.91 Å². The molecule has 3 aromatic rings. The molecule has 3 amide bonds. The van der Waals surface area contributed by atoms with Crippen LogP contribution in [0.1, 0.15) is 52.6 Å². The minimum atomic E-state index is -0.526. The van der Waals surface area contributed by atoms with E-state index in [-0.39, 0.29) is 66.4 Å². The summed E-state index contributed by atoms with van der Waals surface area (Å²) in [6.07, 6.45) is 3.62. The van der Waals surface area contributed by atoms with Gasteiger partial charge in [-0.1, -0.05) is 42.5 Å². The van der Waals surface area contributed by atoms with Gasteiger partial charge in [-0.05, 0) is 42.5 Å². The molecule has 39 heavy (non-hydrogen) atoms. The Bertz CT molecular complexity index is 1360. The molecule has 0 radical (unpaired) electrons. The number of nitrogens with one attached hydrogen (secondary N) is 4. The number of ether oxygens (including phenoxy) is 1. The fourth-order valence-corrected chi connectivity index (χ4v) is 4.87. The van der Waals surface area contributed by atoms with E-state index in [1.165, 1.54) is 18.3 Å². The standard InChI is InChI=1S/C28H28FN7O3/c29-19-8-6-17(7-9-19)14-32-27(37)25-26(31-15-20(13-30)33-25)34-24(18-4-2-1-3-5-18)16-39-21-10-11-22-23(12-21)36-28(38)35-22/h1-9,15,21-24H,10-12,14,16H2,(H,31,34)(H,32,37)(H2,35,36,38)/t21?,22?,23?,24-/m0/s1. The molecule has 0 spiro atoms. The van der Waals surface area contributed by atoms with Crippen LogP contribution in [0, 0.1) is 17.1 Å². The van der Waals surface area contributed by atoms with Gasteiger partial charge in [0.1, 0.15) is 11.9 Å². The van der Waals surface area contributed by atoms with Crippen LogP contribution in [0.4, 0.5) is 15.0 Å². The van der Waals surface area contributed by atoms with Crippen molar-refractivity contribution in [1.29, 1.82) is 5.26 Å². The summed E-state index contributed by atoms with van der Waals surface area (Å²) in [5.41, 5.74) is 1.61. The molecule has 1 aliphatic heterocycles. The lowest BCUT2D eigenvalue weighted by Crippen LogP contribution is -2.42. The number of nitriles is 1. The van der Waals surface area contributed by atoms with Crippen molar-refractivity contribution in [2.75, 3.05) is 11.9 Å². The van der Waals surface area contributed by atoms with Crippen molar-refractivity contribution in [1.82, 2.24) is 25.9 Å². The molecule has 1 aliphatic carbocycles. The largest absolute Gasteiger partial charge is 0.376 e. The molecule has 1 aromatic heterocycles. The van der Waals surface area contributed by atoms with E-state index in [4.69, 9.17) is 4.74 Å². The number of anilines is 1. The third-order valence-corrected chi connectivity index (χ3v) is 6.92. The summed E-state index contributed by atoms with van der Waals surface area (Å²) in [7, 11) is 0. The van der Waals surface area contributed by atoms with Crippen molar-refractivity contribution in [3.63, 3.8) is 0 Å². The highest BCUT2D eigenvalue weighted by molar-refractivity contribution is 5.96. The van der Waals surface area contributed by atoms with Gasteiger partial charge in [-0.2, -0.15) is 5.26 Å². The van der Waals surface area contributed by atoms with Gasteiger partial charge in [-0.3, -0.25) is 4.79 Å². The predicted octanol–water partition coefficient (Wildman–Crippen LogP) is 3.19. The minimum Gasteiger partial charge on any atom is -0.376 e. The van der Waals surface area contributed by atoms with E-state index in [1.807, 2.05) is 36.4 Å². The quantitative estimate of drug-likeness (QED) is 0.334. The van der Waals surface area contributed by atoms with Gasteiger partial charge in [0.2, 0.25) is 0 Å². The Labute approximate surface area is 225 Å². The summed E-state index contributed by atoms with van der Waals surface area (Å²) in [5, 5.41) is 21.3. The fraction of sp³-hybridized carbons (Fsp3) is 0.321. The number of nitrogens with zero attached hydrogens (tertiary/aromatic N) is 3. The number of halogens is 1. The maximum absolute atomic E-state index is 13.2. The Balaban J connectivity index is 1.31. The van der Waals surface area contributed by atoms with Crippen LogP contribution in [0.25, 0.3) is 0 Å². The second kappa shape index (κ2) is 11.9. The third kappa shape index (κ3) is 6.48. The van der Waals surface area contributed by atoms with Crippen molar-refractivity contribution >= 4 is 17.8 Å². The molecule has 2 heterocycles. The molecule has 11 heteroatoms. The zero-order chi connectivity index (χ0) is 27.2. The maximum Gasteiger partial charge on any atom is 0.315 e. The van der Waals surface area contributed by atoms with Gasteiger partial charge in [0.15, 0.2) is 17.2 Å². The van der Waals surface area contributed by atoms with Gasteiger partial charge in [-0.15, -0.1) is 0 Å². The molecular formula is C28H28FN7O3. The lowest BCUT2D eigenvalue weighted by Gasteiger charge is -2.32. The number of fused-ring (bicyclic) bond motifs is 1. The van der Waals surface area contributed by atoms with E-state index < -0.39 is 5.91 Å². The summed E-state index contributed by atoms with van der Waals surface area (Å²) in [5.74, 6) is -0.683. The minimum absolute atomic E-state index is 0.00368. The second-order valence-corrected chi connectivity index (χ2v) is 9.58. The second-order valence-electron chi connectivity index (χ2n) is 9.58. The van der Waals surface area contributed by atoms with Gasteiger partial charge < -0.3 is 26.0 Å². The zero-order valence-electron chi connectivity index (χ0n) is 21.1. The first-order chi connectivity index (χ1) is 19.0. The van der Waals surface area contributed by atoms with Gasteiger partial charge >= 0.3 is 6.03 Å². The Hall–Kier alpha value is -4.56. The number of urea groups is 1. The third-order valence-electron chi connectivity index (χ3n) is 6.92. The Morgan fingerprint density at radius 1 is 1.13 bits per heavy atom. The van der Waals surface area contributed by atoms with Crippen LogP contribution >= 0.6 is 0 Å². The summed E-state index contributed by atoms with van der Waals surface area (Å²) in [6.45, 7) is 0.434. The number of hydrogen-bond donors (Lipinski definition) is 4. The molecule has 200 valence electrons. The maximum atomic E-state index is 13.2. The van der Waals surface area contributed by atoms with Crippen LogP contribution in [-0.4, -0.2) is 46.7 Å². The lowest BCUT2D eigenvalue weighted by atomic mass is 9.89. The normalized spacial score (nSPS) is 20.6. The smallest absolute Gasteiger partial charge is 0.315 e. The van der Waals surface area contributed by atoms with Gasteiger partial charge in [0, 0.05) is 6.54 Å². The number of rotatable bonds is 9. The Morgan fingerprint density at radius 2 is 1.90 bits per heavy atom. The zero-order valence-corrected chi connectivity index (χ0v) is 21.1. The Kier molecular flexibility index (Phi) is 7.94. The van der Waals surface area contributed by atoms with E-state index in [0.717, 1.165) is 18.4 Å². The predicted molar refractivity (Wildman–Crippen MR) is 140 cm³/mol.